The fourth-order valence-corrected chi connectivity index (χ4v) is 7.10. The summed E-state index contributed by atoms with van der Waals surface area (Å²) in [5, 5.41) is 2.59. The maximum atomic E-state index is 13.6. The second kappa shape index (κ2) is 11.6. The number of rotatable bonds is 10. The van der Waals surface area contributed by atoms with Gasteiger partial charge in [-0.1, -0.05) is 0 Å². The van der Waals surface area contributed by atoms with Crippen molar-refractivity contribution in [2.75, 3.05) is 43.5 Å². The van der Waals surface area contributed by atoms with Crippen molar-refractivity contribution in [3.8, 4) is 11.5 Å². The zero-order valence-electron chi connectivity index (χ0n) is 21.3. The number of methoxy groups -OCH3 is 2. The van der Waals surface area contributed by atoms with Crippen LogP contribution in [-0.4, -0.2) is 60.9 Å². The highest BCUT2D eigenvalue weighted by molar-refractivity contribution is 7.92. The predicted octanol–water partition coefficient (Wildman–Crippen LogP) is 3.46. The van der Waals surface area contributed by atoms with Crippen molar-refractivity contribution in [1.29, 1.82) is 0 Å². The van der Waals surface area contributed by atoms with E-state index < -0.39 is 38.3 Å². The Morgan fingerprint density at radius 2 is 1.46 bits per heavy atom. The monoisotopic (exact) mass is 577 g/mol. The SMILES string of the molecule is COc1ccc(S(=O)(=O)N(CC(=O)Nc2ccc(S(=O)(=O)N3CCCC3)cc2)c2ccc(F)cc2)cc1OC. The first-order chi connectivity index (χ1) is 18.6. The molecular weight excluding hydrogens is 549 g/mol. The summed E-state index contributed by atoms with van der Waals surface area (Å²) in [7, 11) is -5.16. The fourth-order valence-electron chi connectivity index (χ4n) is 4.15. The number of benzene rings is 3. The molecule has 3 aromatic rings. The molecule has 0 aliphatic carbocycles. The first kappa shape index (κ1) is 28.3. The van der Waals surface area contributed by atoms with E-state index in [2.05, 4.69) is 5.32 Å². The molecule has 0 radical (unpaired) electrons. The molecule has 3 aromatic carbocycles. The molecule has 1 fully saturated rings. The number of ether oxygens (including phenoxy) is 2. The molecule has 1 saturated heterocycles. The second-order valence-corrected chi connectivity index (χ2v) is 12.5. The van der Waals surface area contributed by atoms with Crippen molar-refractivity contribution < 1.29 is 35.5 Å². The maximum Gasteiger partial charge on any atom is 0.264 e. The summed E-state index contributed by atoms with van der Waals surface area (Å²) in [6.45, 7) is 0.291. The molecule has 1 heterocycles. The highest BCUT2D eigenvalue weighted by Crippen LogP contribution is 2.32. The van der Waals surface area contributed by atoms with E-state index >= 15 is 0 Å². The molecule has 4 rings (SSSR count). The Labute approximate surface area is 227 Å². The summed E-state index contributed by atoms with van der Waals surface area (Å²) in [6, 6.07) is 14.3. The number of halogens is 1. The van der Waals surface area contributed by atoms with Crippen molar-refractivity contribution in [1.82, 2.24) is 4.31 Å². The van der Waals surface area contributed by atoms with Gasteiger partial charge in [-0.25, -0.2) is 21.2 Å². The molecule has 0 aromatic heterocycles. The van der Waals surface area contributed by atoms with E-state index in [1.54, 1.807) is 0 Å². The average molecular weight is 578 g/mol. The van der Waals surface area contributed by atoms with Crippen molar-refractivity contribution in [2.24, 2.45) is 0 Å². The van der Waals surface area contributed by atoms with Crippen molar-refractivity contribution in [3.63, 3.8) is 0 Å². The Bertz CT molecular complexity index is 1540. The van der Waals surface area contributed by atoms with E-state index in [1.807, 2.05) is 0 Å². The van der Waals surface area contributed by atoms with E-state index in [-0.39, 0.29) is 26.9 Å². The van der Waals surface area contributed by atoms with Crippen molar-refractivity contribution in [3.05, 3.63) is 72.5 Å². The molecule has 13 heteroatoms. The topological polar surface area (TPSA) is 122 Å². The highest BCUT2D eigenvalue weighted by Gasteiger charge is 2.29. The van der Waals surface area contributed by atoms with Gasteiger partial charge in [0.2, 0.25) is 15.9 Å². The average Bonchev–Trinajstić information content (AvgIpc) is 3.48. The number of hydrogen-bond donors (Lipinski definition) is 1. The van der Waals surface area contributed by atoms with Crippen LogP contribution in [0.3, 0.4) is 0 Å². The summed E-state index contributed by atoms with van der Waals surface area (Å²) >= 11 is 0. The molecule has 208 valence electrons. The number of nitrogens with one attached hydrogen (secondary N) is 1. The van der Waals surface area contributed by atoms with Crippen LogP contribution >= 0.6 is 0 Å². The van der Waals surface area contributed by atoms with Gasteiger partial charge in [0.15, 0.2) is 11.5 Å². The molecule has 1 amide bonds. The number of carbonyl (C=O) groups is 1. The summed E-state index contributed by atoms with van der Waals surface area (Å²) in [5.41, 5.74) is 0.344. The van der Waals surface area contributed by atoms with Gasteiger partial charge >= 0.3 is 0 Å². The Balaban J connectivity index is 1.58. The largest absolute Gasteiger partial charge is 0.493 e. The molecule has 10 nitrogen and oxygen atoms in total. The zero-order chi connectivity index (χ0) is 28.2. The highest BCUT2D eigenvalue weighted by atomic mass is 32.2. The van der Waals surface area contributed by atoms with Crippen LogP contribution in [0.15, 0.2) is 76.5 Å². The number of nitrogens with zero attached hydrogens (tertiary/aromatic N) is 2. The Kier molecular flexibility index (Phi) is 8.42. The third-order valence-electron chi connectivity index (χ3n) is 6.19. The second-order valence-electron chi connectivity index (χ2n) is 8.69. The molecule has 0 spiro atoms. The lowest BCUT2D eigenvalue weighted by Gasteiger charge is -2.24. The van der Waals surface area contributed by atoms with Gasteiger partial charge in [0.1, 0.15) is 12.4 Å². The number of anilines is 2. The molecule has 0 atom stereocenters. The Morgan fingerprint density at radius 1 is 0.872 bits per heavy atom. The molecule has 1 N–H and O–H groups in total. The van der Waals surface area contributed by atoms with Crippen LogP contribution in [0, 0.1) is 5.82 Å². The van der Waals surface area contributed by atoms with Gasteiger partial charge in [0.05, 0.1) is 29.7 Å². The minimum Gasteiger partial charge on any atom is -0.493 e. The van der Waals surface area contributed by atoms with E-state index in [1.165, 1.54) is 73.1 Å². The lowest BCUT2D eigenvalue weighted by atomic mass is 10.3. The van der Waals surface area contributed by atoms with Crippen molar-refractivity contribution >= 4 is 37.3 Å². The van der Waals surface area contributed by atoms with Crippen molar-refractivity contribution in [2.45, 2.75) is 22.6 Å². The van der Waals surface area contributed by atoms with Gasteiger partial charge in [0.25, 0.3) is 10.0 Å². The minimum absolute atomic E-state index is 0.0633. The smallest absolute Gasteiger partial charge is 0.264 e. The van der Waals surface area contributed by atoms with E-state index in [9.17, 15) is 26.0 Å². The quantitative estimate of drug-likeness (QED) is 0.392. The number of sulfonamides is 2. The predicted molar refractivity (Wildman–Crippen MR) is 144 cm³/mol. The molecule has 0 unspecified atom stereocenters. The first-order valence-electron chi connectivity index (χ1n) is 12.0. The lowest BCUT2D eigenvalue weighted by molar-refractivity contribution is -0.114. The van der Waals surface area contributed by atoms with Crippen LogP contribution in [0.5, 0.6) is 11.5 Å². The van der Waals surface area contributed by atoms with E-state index in [0.29, 0.717) is 18.8 Å². The number of carbonyl (C=O) groups excluding carboxylic acids is 1. The van der Waals surface area contributed by atoms with Crippen LogP contribution in [0.4, 0.5) is 15.8 Å². The number of hydrogen-bond acceptors (Lipinski definition) is 7. The summed E-state index contributed by atoms with van der Waals surface area (Å²) in [4.78, 5) is 12.9. The molecule has 1 aliphatic rings. The first-order valence-corrected chi connectivity index (χ1v) is 14.8. The summed E-state index contributed by atoms with van der Waals surface area (Å²) in [6.07, 6.45) is 1.62. The molecular formula is C26H28FN3O7S2. The zero-order valence-corrected chi connectivity index (χ0v) is 23.0. The summed E-state index contributed by atoms with van der Waals surface area (Å²) < 4.78 is 79.0. The van der Waals surface area contributed by atoms with E-state index in [0.717, 1.165) is 29.3 Å². The van der Waals surface area contributed by atoms with Crippen LogP contribution in [-0.2, 0) is 24.8 Å². The van der Waals surface area contributed by atoms with Crippen LogP contribution in [0.25, 0.3) is 0 Å². The number of amides is 1. The molecule has 39 heavy (non-hydrogen) atoms. The Morgan fingerprint density at radius 3 is 2.05 bits per heavy atom. The molecule has 1 aliphatic heterocycles. The van der Waals surface area contributed by atoms with Crippen LogP contribution < -0.4 is 19.1 Å². The van der Waals surface area contributed by atoms with Gasteiger partial charge < -0.3 is 14.8 Å². The summed E-state index contributed by atoms with van der Waals surface area (Å²) in [5.74, 6) is -0.780. The minimum atomic E-state index is -4.32. The van der Waals surface area contributed by atoms with Gasteiger partial charge in [-0.15, -0.1) is 0 Å². The Hall–Kier alpha value is -3.68. The van der Waals surface area contributed by atoms with Gasteiger partial charge in [0, 0.05) is 24.8 Å². The molecule has 0 saturated carbocycles. The molecule has 0 bridgehead atoms. The maximum absolute atomic E-state index is 13.6. The fraction of sp³-hybridized carbons (Fsp3) is 0.269. The normalized spacial score (nSPS) is 14.1. The van der Waals surface area contributed by atoms with E-state index in [4.69, 9.17) is 9.47 Å². The van der Waals surface area contributed by atoms with Crippen LogP contribution in [0.1, 0.15) is 12.8 Å². The van der Waals surface area contributed by atoms with Gasteiger partial charge in [-0.3, -0.25) is 9.10 Å². The standard InChI is InChI=1S/C26H28FN3O7S2/c1-36-24-14-13-23(17-25(24)37-2)39(34,35)30(21-9-5-19(27)6-10-21)18-26(31)28-20-7-11-22(12-8-20)38(32,33)29-15-3-4-16-29/h5-14,17H,3-4,15-16,18H2,1-2H3,(H,28,31). The third kappa shape index (κ3) is 6.15. The lowest BCUT2D eigenvalue weighted by Crippen LogP contribution is -2.38. The van der Waals surface area contributed by atoms with Crippen LogP contribution in [0.2, 0.25) is 0 Å². The third-order valence-corrected chi connectivity index (χ3v) is 9.87. The van der Waals surface area contributed by atoms with Gasteiger partial charge in [-0.2, -0.15) is 4.31 Å². The van der Waals surface area contributed by atoms with Gasteiger partial charge in [-0.05, 0) is 73.5 Å².